The molecule has 0 saturated carbocycles. The van der Waals surface area contributed by atoms with E-state index in [1.54, 1.807) is 0 Å². The third-order valence-corrected chi connectivity index (χ3v) is 4.82. The van der Waals surface area contributed by atoms with E-state index >= 15 is 0 Å². The molecule has 0 radical (unpaired) electrons. The first-order valence-corrected chi connectivity index (χ1v) is 7.50. The highest BCUT2D eigenvalue weighted by atomic mass is 32.2. The third kappa shape index (κ3) is 2.61. The number of hydrogen-bond acceptors (Lipinski definition) is 2. The zero-order chi connectivity index (χ0) is 9.80. The maximum absolute atomic E-state index is 11.7. The van der Waals surface area contributed by atoms with Crippen molar-refractivity contribution in [3.63, 3.8) is 0 Å². The average molecular weight is 226 g/mol. The van der Waals surface area contributed by atoms with Crippen LogP contribution in [0.2, 0.25) is 0 Å². The lowest BCUT2D eigenvalue weighted by atomic mass is 10.1. The Labute approximate surface area is 91.7 Å². The van der Waals surface area contributed by atoms with Crippen molar-refractivity contribution in [2.45, 2.75) is 17.9 Å². The monoisotopic (exact) mass is 226 g/mol. The molecule has 0 aromatic heterocycles. The zero-order valence-electron chi connectivity index (χ0n) is 8.07. The first-order valence-electron chi connectivity index (χ1n) is 4.86. The highest BCUT2D eigenvalue weighted by Gasteiger charge is 2.09. The minimum Gasteiger partial charge on any atom is -0.259 e. The molecule has 14 heavy (non-hydrogen) atoms. The van der Waals surface area contributed by atoms with E-state index in [0.29, 0.717) is 0 Å². The number of hydrogen-bond donors (Lipinski definition) is 0. The summed E-state index contributed by atoms with van der Waals surface area (Å²) in [6.07, 6.45) is 1.09. The van der Waals surface area contributed by atoms with Gasteiger partial charge in [0.15, 0.2) is 0 Å². The molecule has 1 atom stereocenters. The lowest BCUT2D eigenvalue weighted by Crippen LogP contribution is -2.01. The Bertz CT molecular complexity index is 336. The van der Waals surface area contributed by atoms with Crippen LogP contribution >= 0.6 is 11.8 Å². The smallest absolute Gasteiger partial charge is 0.0488 e. The van der Waals surface area contributed by atoms with E-state index in [-0.39, 0.29) is 0 Å². The van der Waals surface area contributed by atoms with Gasteiger partial charge in [0.2, 0.25) is 0 Å². The maximum atomic E-state index is 11.7. The van der Waals surface area contributed by atoms with Crippen molar-refractivity contribution in [1.82, 2.24) is 0 Å². The topological polar surface area (TPSA) is 17.1 Å². The Kier molecular flexibility index (Phi) is 3.65. The van der Waals surface area contributed by atoms with Crippen molar-refractivity contribution in [3.8, 4) is 0 Å². The number of rotatable bonds is 0. The first kappa shape index (κ1) is 10.2. The molecule has 76 valence electrons. The Morgan fingerprint density at radius 1 is 1.21 bits per heavy atom. The van der Waals surface area contributed by atoms with Gasteiger partial charge >= 0.3 is 0 Å². The summed E-state index contributed by atoms with van der Waals surface area (Å²) in [4.78, 5) is 0. The number of thioether (sulfide) groups is 1. The molecular weight excluding hydrogens is 212 g/mol. The normalized spacial score (nSPS) is 23.0. The van der Waals surface area contributed by atoms with Gasteiger partial charge in [-0.1, -0.05) is 24.3 Å². The van der Waals surface area contributed by atoms with Gasteiger partial charge in [-0.15, -0.1) is 0 Å². The summed E-state index contributed by atoms with van der Waals surface area (Å²) in [5, 5.41) is 0. The van der Waals surface area contributed by atoms with E-state index in [0.717, 1.165) is 29.4 Å². The van der Waals surface area contributed by atoms with Gasteiger partial charge in [0.05, 0.1) is 0 Å². The Morgan fingerprint density at radius 2 is 2.00 bits per heavy atom. The van der Waals surface area contributed by atoms with Crippen molar-refractivity contribution < 1.29 is 4.21 Å². The molecular formula is C11H14OS2. The SMILES string of the molecule is O=S1CCCSCc2ccccc2C1. The van der Waals surface area contributed by atoms with Gasteiger partial charge in [-0.2, -0.15) is 11.8 Å². The highest BCUT2D eigenvalue weighted by molar-refractivity contribution is 7.98. The van der Waals surface area contributed by atoms with E-state index in [4.69, 9.17) is 0 Å². The van der Waals surface area contributed by atoms with Crippen LogP contribution < -0.4 is 0 Å². The Hall–Kier alpha value is -0.280. The third-order valence-electron chi connectivity index (χ3n) is 2.35. The standard InChI is InChI=1S/C11H14OS2/c12-14-7-3-6-13-8-10-4-1-2-5-11(10)9-14/h1-2,4-5H,3,6-9H2. The molecule has 1 aliphatic rings. The fraction of sp³-hybridized carbons (Fsp3) is 0.455. The summed E-state index contributed by atoms with van der Waals surface area (Å²) in [5.41, 5.74) is 2.65. The molecule has 1 heterocycles. The van der Waals surface area contributed by atoms with Crippen LogP contribution in [-0.4, -0.2) is 15.7 Å². The molecule has 1 aromatic carbocycles. The van der Waals surface area contributed by atoms with Crippen LogP contribution in [-0.2, 0) is 22.3 Å². The number of benzene rings is 1. The second-order valence-corrected chi connectivity index (χ2v) is 6.14. The van der Waals surface area contributed by atoms with Gasteiger partial charge in [-0.05, 0) is 23.3 Å². The fourth-order valence-electron chi connectivity index (χ4n) is 1.59. The van der Waals surface area contributed by atoms with Gasteiger partial charge in [0, 0.05) is 28.1 Å². The summed E-state index contributed by atoms with van der Waals surface area (Å²) < 4.78 is 11.7. The molecule has 1 aromatic rings. The van der Waals surface area contributed by atoms with Gasteiger partial charge in [0.1, 0.15) is 0 Å². The quantitative estimate of drug-likeness (QED) is 0.676. The summed E-state index contributed by atoms with van der Waals surface area (Å²) in [6.45, 7) is 0. The first-order chi connectivity index (χ1) is 6.86. The Morgan fingerprint density at radius 3 is 2.86 bits per heavy atom. The molecule has 0 saturated heterocycles. The molecule has 0 spiro atoms. The fourth-order valence-corrected chi connectivity index (χ4v) is 4.01. The van der Waals surface area contributed by atoms with E-state index in [1.165, 1.54) is 11.1 Å². The van der Waals surface area contributed by atoms with Gasteiger partial charge < -0.3 is 0 Å². The zero-order valence-corrected chi connectivity index (χ0v) is 9.70. The molecule has 1 aliphatic heterocycles. The van der Waals surface area contributed by atoms with Crippen LogP contribution in [0.5, 0.6) is 0 Å². The molecule has 0 fully saturated rings. The minimum absolute atomic E-state index is 0.654. The molecule has 0 amide bonds. The summed E-state index contributed by atoms with van der Waals surface area (Å²) in [7, 11) is -0.654. The largest absolute Gasteiger partial charge is 0.259 e. The second-order valence-electron chi connectivity index (χ2n) is 3.46. The van der Waals surface area contributed by atoms with Crippen molar-refractivity contribution in [2.24, 2.45) is 0 Å². The molecule has 3 heteroatoms. The van der Waals surface area contributed by atoms with Crippen molar-refractivity contribution in [2.75, 3.05) is 11.5 Å². The predicted octanol–water partition coefficient (Wildman–Crippen LogP) is 2.57. The van der Waals surface area contributed by atoms with Crippen LogP contribution in [0.4, 0.5) is 0 Å². The predicted molar refractivity (Wildman–Crippen MR) is 63.9 cm³/mol. The van der Waals surface area contributed by atoms with Crippen LogP contribution in [0.25, 0.3) is 0 Å². The molecule has 1 unspecified atom stereocenters. The number of fused-ring (bicyclic) bond motifs is 1. The van der Waals surface area contributed by atoms with Crippen molar-refractivity contribution >= 4 is 22.6 Å². The van der Waals surface area contributed by atoms with E-state index < -0.39 is 10.8 Å². The lowest BCUT2D eigenvalue weighted by Gasteiger charge is -2.05. The second kappa shape index (κ2) is 4.99. The van der Waals surface area contributed by atoms with Crippen molar-refractivity contribution in [1.29, 1.82) is 0 Å². The molecule has 2 rings (SSSR count). The summed E-state index contributed by atoms with van der Waals surface area (Å²) in [6, 6.07) is 8.38. The van der Waals surface area contributed by atoms with Crippen LogP contribution in [0.3, 0.4) is 0 Å². The van der Waals surface area contributed by atoms with Crippen LogP contribution in [0.1, 0.15) is 17.5 Å². The molecule has 0 aliphatic carbocycles. The van der Waals surface area contributed by atoms with Crippen LogP contribution in [0.15, 0.2) is 24.3 Å². The minimum atomic E-state index is -0.654. The van der Waals surface area contributed by atoms with Gasteiger partial charge in [0.25, 0.3) is 0 Å². The summed E-state index contributed by atoms with van der Waals surface area (Å²) in [5.74, 6) is 3.82. The highest BCUT2D eigenvalue weighted by Crippen LogP contribution is 2.20. The molecule has 0 bridgehead atoms. The molecule has 0 N–H and O–H groups in total. The van der Waals surface area contributed by atoms with Crippen molar-refractivity contribution in [3.05, 3.63) is 35.4 Å². The van der Waals surface area contributed by atoms with E-state index in [9.17, 15) is 4.21 Å². The van der Waals surface area contributed by atoms with Crippen LogP contribution in [0, 0.1) is 0 Å². The Balaban J connectivity index is 2.25. The summed E-state index contributed by atoms with van der Waals surface area (Å²) >= 11 is 1.95. The average Bonchev–Trinajstić information content (AvgIpc) is 2.27. The van der Waals surface area contributed by atoms with Gasteiger partial charge in [-0.3, -0.25) is 4.21 Å². The maximum Gasteiger partial charge on any atom is 0.0488 e. The van der Waals surface area contributed by atoms with E-state index in [1.807, 2.05) is 17.8 Å². The van der Waals surface area contributed by atoms with Gasteiger partial charge in [-0.25, -0.2) is 0 Å². The lowest BCUT2D eigenvalue weighted by molar-refractivity contribution is 0.681. The van der Waals surface area contributed by atoms with E-state index in [2.05, 4.69) is 18.2 Å². The molecule has 1 nitrogen and oxygen atoms in total.